The molecule has 0 aromatic carbocycles. The Bertz CT molecular complexity index is 262. The van der Waals surface area contributed by atoms with Crippen LogP contribution in [0.4, 0.5) is 0 Å². The molecule has 0 aliphatic carbocycles. The van der Waals surface area contributed by atoms with E-state index in [1.54, 1.807) is 21.1 Å². The van der Waals surface area contributed by atoms with Crippen molar-refractivity contribution in [1.29, 1.82) is 0 Å². The third kappa shape index (κ3) is 4.95. The molecule has 1 N–H and O–H groups in total. The van der Waals surface area contributed by atoms with Gasteiger partial charge in [-0.15, -0.1) is 0 Å². The molecule has 15 heavy (non-hydrogen) atoms. The maximum atomic E-state index is 11.9. The average Bonchev–Trinajstić information content (AvgIpc) is 2.15. The molecule has 0 aromatic rings. The first-order valence-corrected chi connectivity index (χ1v) is 6.94. The summed E-state index contributed by atoms with van der Waals surface area (Å²) in [5.41, 5.74) is 0. The van der Waals surface area contributed by atoms with Crippen molar-refractivity contribution in [2.45, 2.75) is 32.1 Å². The van der Waals surface area contributed by atoms with Gasteiger partial charge in [0.25, 0.3) is 0 Å². The summed E-state index contributed by atoms with van der Waals surface area (Å²) in [4.78, 5) is 0. The Balaban J connectivity index is 4.48. The van der Waals surface area contributed by atoms with Crippen LogP contribution in [0.25, 0.3) is 0 Å². The standard InChI is InChI=1S/C10H23NO3S/c1-8(2)9(3)15(12,13)7-10(11-4)6-14-5/h8-11H,6-7H2,1-5H3. The lowest BCUT2D eigenvalue weighted by Crippen LogP contribution is -2.40. The number of methoxy groups -OCH3 is 1. The van der Waals surface area contributed by atoms with Gasteiger partial charge in [-0.3, -0.25) is 0 Å². The number of sulfone groups is 1. The number of likely N-dealkylation sites (N-methyl/N-ethyl adjacent to an activating group) is 1. The molecule has 0 aliphatic heterocycles. The van der Waals surface area contributed by atoms with Crippen molar-refractivity contribution in [2.75, 3.05) is 26.5 Å². The Morgan fingerprint density at radius 3 is 2.13 bits per heavy atom. The highest BCUT2D eigenvalue weighted by Crippen LogP contribution is 2.13. The van der Waals surface area contributed by atoms with Crippen LogP contribution in [0.2, 0.25) is 0 Å². The van der Waals surface area contributed by atoms with Crippen molar-refractivity contribution in [3.05, 3.63) is 0 Å². The first-order valence-electron chi connectivity index (χ1n) is 5.23. The molecular formula is C10H23NO3S. The lowest BCUT2D eigenvalue weighted by molar-refractivity contribution is 0.176. The van der Waals surface area contributed by atoms with Crippen LogP contribution in [0.1, 0.15) is 20.8 Å². The van der Waals surface area contributed by atoms with E-state index in [2.05, 4.69) is 5.32 Å². The van der Waals surface area contributed by atoms with Crippen molar-refractivity contribution in [1.82, 2.24) is 5.32 Å². The van der Waals surface area contributed by atoms with Gasteiger partial charge in [0, 0.05) is 13.2 Å². The Morgan fingerprint density at radius 1 is 1.27 bits per heavy atom. The van der Waals surface area contributed by atoms with Gasteiger partial charge in [0.2, 0.25) is 0 Å². The van der Waals surface area contributed by atoms with Crippen molar-refractivity contribution in [3.63, 3.8) is 0 Å². The molecule has 0 saturated carbocycles. The maximum absolute atomic E-state index is 11.9. The molecule has 4 nitrogen and oxygen atoms in total. The second-order valence-corrected chi connectivity index (χ2v) is 6.62. The van der Waals surface area contributed by atoms with E-state index in [0.717, 1.165) is 0 Å². The van der Waals surface area contributed by atoms with Gasteiger partial charge in [-0.1, -0.05) is 13.8 Å². The van der Waals surface area contributed by atoms with Crippen LogP contribution >= 0.6 is 0 Å². The second-order valence-electron chi connectivity index (χ2n) is 4.22. The average molecular weight is 237 g/mol. The van der Waals surface area contributed by atoms with Gasteiger partial charge in [0.05, 0.1) is 17.6 Å². The summed E-state index contributed by atoms with van der Waals surface area (Å²) in [6.45, 7) is 6.03. The summed E-state index contributed by atoms with van der Waals surface area (Å²) in [6.07, 6.45) is 0. The lowest BCUT2D eigenvalue weighted by Gasteiger charge is -2.20. The topological polar surface area (TPSA) is 55.4 Å². The number of nitrogens with one attached hydrogen (secondary N) is 1. The summed E-state index contributed by atoms with van der Waals surface area (Å²) >= 11 is 0. The molecule has 0 saturated heterocycles. The van der Waals surface area contributed by atoms with E-state index < -0.39 is 9.84 Å². The van der Waals surface area contributed by atoms with E-state index in [-0.39, 0.29) is 23.0 Å². The fraction of sp³-hybridized carbons (Fsp3) is 1.00. The third-order valence-corrected chi connectivity index (χ3v) is 5.26. The highest BCUT2D eigenvalue weighted by molar-refractivity contribution is 7.92. The summed E-state index contributed by atoms with van der Waals surface area (Å²) in [6, 6.07) is -0.124. The Hall–Kier alpha value is -0.130. The maximum Gasteiger partial charge on any atom is 0.154 e. The zero-order chi connectivity index (χ0) is 12.1. The van der Waals surface area contributed by atoms with Crippen molar-refractivity contribution in [2.24, 2.45) is 5.92 Å². The van der Waals surface area contributed by atoms with Crippen LogP contribution in [-0.4, -0.2) is 46.2 Å². The minimum atomic E-state index is -3.04. The molecule has 0 fully saturated rings. The Kier molecular flexibility index (Phi) is 6.40. The minimum absolute atomic E-state index is 0.124. The monoisotopic (exact) mass is 237 g/mol. The summed E-state index contributed by atoms with van der Waals surface area (Å²) in [5.74, 6) is 0.284. The van der Waals surface area contributed by atoms with Gasteiger partial charge in [0.1, 0.15) is 0 Å². The molecule has 0 rings (SSSR count). The summed E-state index contributed by atoms with van der Waals surface area (Å²) in [5, 5.41) is 2.65. The highest BCUT2D eigenvalue weighted by atomic mass is 32.2. The van der Waals surface area contributed by atoms with Gasteiger partial charge < -0.3 is 10.1 Å². The van der Waals surface area contributed by atoms with E-state index >= 15 is 0 Å². The van der Waals surface area contributed by atoms with E-state index in [4.69, 9.17) is 4.74 Å². The number of ether oxygens (including phenoxy) is 1. The molecule has 0 radical (unpaired) electrons. The molecule has 2 atom stereocenters. The van der Waals surface area contributed by atoms with Crippen molar-refractivity contribution in [3.8, 4) is 0 Å². The molecule has 0 spiro atoms. The number of rotatable bonds is 7. The van der Waals surface area contributed by atoms with E-state index in [0.29, 0.717) is 6.61 Å². The smallest absolute Gasteiger partial charge is 0.154 e. The van der Waals surface area contributed by atoms with Crippen LogP contribution in [-0.2, 0) is 14.6 Å². The van der Waals surface area contributed by atoms with Gasteiger partial charge in [0.15, 0.2) is 9.84 Å². The minimum Gasteiger partial charge on any atom is -0.383 e. The molecule has 2 unspecified atom stereocenters. The fourth-order valence-electron chi connectivity index (χ4n) is 1.26. The molecule has 0 aliphatic rings. The Labute approximate surface area is 93.3 Å². The predicted octanol–water partition coefficient (Wildman–Crippen LogP) is 0.680. The second kappa shape index (κ2) is 6.45. The first-order chi connectivity index (χ1) is 6.85. The molecule has 0 heterocycles. The van der Waals surface area contributed by atoms with Gasteiger partial charge >= 0.3 is 0 Å². The molecule has 0 aromatic heterocycles. The zero-order valence-electron chi connectivity index (χ0n) is 10.3. The number of hydrogen-bond donors (Lipinski definition) is 1. The van der Waals surface area contributed by atoms with Crippen LogP contribution < -0.4 is 5.32 Å². The van der Waals surface area contributed by atoms with Crippen molar-refractivity contribution >= 4 is 9.84 Å². The van der Waals surface area contributed by atoms with Gasteiger partial charge in [-0.2, -0.15) is 0 Å². The van der Waals surface area contributed by atoms with E-state index in [1.165, 1.54) is 0 Å². The van der Waals surface area contributed by atoms with Crippen molar-refractivity contribution < 1.29 is 13.2 Å². The molecule has 0 bridgehead atoms. The quantitative estimate of drug-likeness (QED) is 0.707. The van der Waals surface area contributed by atoms with E-state index in [9.17, 15) is 8.42 Å². The van der Waals surface area contributed by atoms with Crippen LogP contribution in [0.15, 0.2) is 0 Å². The molecular weight excluding hydrogens is 214 g/mol. The van der Waals surface area contributed by atoms with Crippen LogP contribution in [0.5, 0.6) is 0 Å². The SMILES string of the molecule is CNC(COC)CS(=O)(=O)C(C)C(C)C. The molecule has 0 amide bonds. The van der Waals surface area contributed by atoms with E-state index in [1.807, 2.05) is 13.8 Å². The summed E-state index contributed by atoms with van der Waals surface area (Å²) in [7, 11) is 0.286. The van der Waals surface area contributed by atoms with Crippen LogP contribution in [0, 0.1) is 5.92 Å². The predicted molar refractivity (Wildman–Crippen MR) is 62.8 cm³/mol. The summed E-state index contributed by atoms with van der Waals surface area (Å²) < 4.78 is 28.8. The third-order valence-electron chi connectivity index (χ3n) is 2.71. The Morgan fingerprint density at radius 2 is 1.80 bits per heavy atom. The highest BCUT2D eigenvalue weighted by Gasteiger charge is 2.26. The molecule has 92 valence electrons. The normalized spacial score (nSPS) is 16.7. The van der Waals surface area contributed by atoms with Gasteiger partial charge in [-0.25, -0.2) is 8.42 Å². The van der Waals surface area contributed by atoms with Gasteiger partial charge in [-0.05, 0) is 19.9 Å². The number of hydrogen-bond acceptors (Lipinski definition) is 4. The fourth-order valence-corrected chi connectivity index (χ4v) is 3.22. The lowest BCUT2D eigenvalue weighted by atomic mass is 10.2. The molecule has 5 heteroatoms. The zero-order valence-corrected chi connectivity index (χ0v) is 11.1. The van der Waals surface area contributed by atoms with Crippen LogP contribution in [0.3, 0.4) is 0 Å². The largest absolute Gasteiger partial charge is 0.383 e. The first kappa shape index (κ1) is 14.9.